The van der Waals surface area contributed by atoms with Crippen LogP contribution in [0.5, 0.6) is 0 Å². The van der Waals surface area contributed by atoms with E-state index in [1.807, 2.05) is 11.9 Å². The molecule has 3 fully saturated rings. The average Bonchev–Trinajstić information content (AvgIpc) is 2.95. The van der Waals surface area contributed by atoms with E-state index in [9.17, 15) is 18.4 Å². The van der Waals surface area contributed by atoms with E-state index in [-0.39, 0.29) is 29.1 Å². The van der Waals surface area contributed by atoms with Crippen LogP contribution in [0.25, 0.3) is 6.08 Å². The van der Waals surface area contributed by atoms with E-state index in [0.29, 0.717) is 29.4 Å². The van der Waals surface area contributed by atoms with E-state index in [0.717, 1.165) is 31.7 Å². The number of halogens is 2. The van der Waals surface area contributed by atoms with Gasteiger partial charge in [0.05, 0.1) is 0 Å². The van der Waals surface area contributed by atoms with Crippen LogP contribution in [0, 0.1) is 40.2 Å². The highest BCUT2D eigenvalue weighted by Gasteiger charge is 2.61. The Kier molecular flexibility index (Phi) is 4.55. The van der Waals surface area contributed by atoms with Gasteiger partial charge >= 0.3 is 0 Å². The van der Waals surface area contributed by atoms with Crippen molar-refractivity contribution in [1.29, 1.82) is 0 Å². The lowest BCUT2D eigenvalue weighted by molar-refractivity contribution is -0.141. The van der Waals surface area contributed by atoms with Crippen LogP contribution in [0.3, 0.4) is 0 Å². The molecule has 1 aromatic carbocycles. The molecule has 4 aliphatic rings. The summed E-state index contributed by atoms with van der Waals surface area (Å²) in [5.74, 6) is 0.0206. The van der Waals surface area contributed by atoms with E-state index < -0.39 is 17.0 Å². The molecule has 5 rings (SSSR count). The summed E-state index contributed by atoms with van der Waals surface area (Å²) in [4.78, 5) is 27.6. The van der Waals surface area contributed by atoms with E-state index in [4.69, 9.17) is 0 Å². The molecule has 2 unspecified atom stereocenters. The van der Waals surface area contributed by atoms with E-state index in [2.05, 4.69) is 19.9 Å². The van der Waals surface area contributed by atoms with Gasteiger partial charge in [0.2, 0.25) is 5.91 Å². The fraction of sp³-hybridized carbons (Fsp3) is 0.538. The third kappa shape index (κ3) is 2.95. The van der Waals surface area contributed by atoms with Gasteiger partial charge in [-0.25, -0.2) is 8.78 Å². The number of hydrogen-bond donors (Lipinski definition) is 0. The molecule has 1 aliphatic heterocycles. The lowest BCUT2D eigenvalue weighted by atomic mass is 9.48. The maximum atomic E-state index is 13.7. The Labute approximate surface area is 182 Å². The zero-order valence-corrected chi connectivity index (χ0v) is 18.3. The van der Waals surface area contributed by atoms with Crippen LogP contribution < -0.4 is 0 Å². The van der Waals surface area contributed by atoms with Crippen LogP contribution in [0.2, 0.25) is 0 Å². The number of ketones is 1. The van der Waals surface area contributed by atoms with Gasteiger partial charge in [0.25, 0.3) is 0 Å². The van der Waals surface area contributed by atoms with E-state index >= 15 is 0 Å². The summed E-state index contributed by atoms with van der Waals surface area (Å²) in [7, 11) is 1.90. The number of amides is 1. The van der Waals surface area contributed by atoms with Crippen molar-refractivity contribution in [3.05, 3.63) is 53.1 Å². The molecule has 1 aromatic rings. The second kappa shape index (κ2) is 6.85. The highest BCUT2D eigenvalue weighted by Crippen LogP contribution is 2.63. The molecule has 1 amide bonds. The predicted molar refractivity (Wildman–Crippen MR) is 115 cm³/mol. The molecule has 3 nitrogen and oxygen atoms in total. The van der Waals surface area contributed by atoms with Crippen LogP contribution >= 0.6 is 0 Å². The number of benzene rings is 1. The summed E-state index contributed by atoms with van der Waals surface area (Å²) in [6.45, 7) is 4.36. The molecule has 0 N–H and O–H groups in total. The molecule has 0 aromatic heterocycles. The van der Waals surface area contributed by atoms with Gasteiger partial charge in [0, 0.05) is 30.0 Å². The first-order valence-electron chi connectivity index (χ1n) is 11.3. The Morgan fingerprint density at radius 2 is 1.74 bits per heavy atom. The zero-order chi connectivity index (χ0) is 22.1. The van der Waals surface area contributed by atoms with Crippen LogP contribution in [0.1, 0.15) is 51.5 Å². The first kappa shape index (κ1) is 20.6. The number of carbonyl (C=O) groups is 2. The average molecular weight is 426 g/mol. The molecular weight excluding hydrogens is 396 g/mol. The van der Waals surface area contributed by atoms with E-state index in [1.54, 1.807) is 12.2 Å². The number of allylic oxidation sites excluding steroid dienone is 1. The second-order valence-corrected chi connectivity index (χ2v) is 10.5. The maximum Gasteiger partial charge on any atom is 0.246 e. The smallest absolute Gasteiger partial charge is 0.246 e. The van der Waals surface area contributed by atoms with Gasteiger partial charge in [-0.2, -0.15) is 0 Å². The number of fused-ring (bicyclic) bond motifs is 5. The van der Waals surface area contributed by atoms with Crippen LogP contribution in [-0.4, -0.2) is 29.7 Å². The fourth-order valence-electron chi connectivity index (χ4n) is 7.40. The summed E-state index contributed by atoms with van der Waals surface area (Å²) in [6.07, 6.45) is 9.93. The molecule has 0 radical (unpaired) electrons. The third-order valence-electron chi connectivity index (χ3n) is 8.99. The summed E-state index contributed by atoms with van der Waals surface area (Å²) in [5.41, 5.74) is 0.610. The number of rotatable bonds is 1. The molecule has 0 spiro atoms. The van der Waals surface area contributed by atoms with Gasteiger partial charge in [0.15, 0.2) is 5.78 Å². The highest BCUT2D eigenvalue weighted by atomic mass is 19.1. The molecule has 164 valence electrons. The monoisotopic (exact) mass is 425 g/mol. The summed E-state index contributed by atoms with van der Waals surface area (Å²) < 4.78 is 27.3. The standard InChI is InChI=1S/C26H29F2NO2/c1-25-9-7-23(30)29(3)22(25)5-4-19-20(25)6-8-26(2)21(19)13-16(24(26)31)10-15-11-17(27)14-18(28)12-15/h7,9-12,14,19-22H,4-6,8,13H2,1-3H3/b16-10+/t19?,20?,21-,22+,25+,26-/m0/s1. The number of hydrogen-bond acceptors (Lipinski definition) is 2. The SMILES string of the molecule is CN1C(=O)C=C[C@]2(C)C3CC[C@]4(C)C(=O)/C(=C/c5cc(F)cc(F)c5)C[C@H]4C3CC[C@@H]12. The fourth-order valence-corrected chi connectivity index (χ4v) is 7.40. The van der Waals surface area contributed by atoms with Crippen molar-refractivity contribution in [2.75, 3.05) is 7.05 Å². The van der Waals surface area contributed by atoms with Crippen molar-refractivity contribution in [3.63, 3.8) is 0 Å². The maximum absolute atomic E-state index is 13.7. The van der Waals surface area contributed by atoms with Crippen molar-refractivity contribution in [1.82, 2.24) is 4.90 Å². The molecule has 6 atom stereocenters. The first-order chi connectivity index (χ1) is 14.6. The topological polar surface area (TPSA) is 37.4 Å². The Hall–Kier alpha value is -2.30. The number of likely N-dealkylation sites (N-methyl/N-ethyl adjacent to an activating group) is 1. The number of nitrogens with zero attached hydrogens (tertiary/aromatic N) is 1. The molecule has 3 saturated carbocycles. The molecule has 3 aliphatic carbocycles. The number of carbonyl (C=O) groups excluding carboxylic acids is 2. The Bertz CT molecular complexity index is 1010. The van der Waals surface area contributed by atoms with Gasteiger partial charge < -0.3 is 4.90 Å². The van der Waals surface area contributed by atoms with Crippen molar-refractivity contribution in [2.24, 2.45) is 28.6 Å². The molecular formula is C26H29F2NO2. The minimum atomic E-state index is -0.630. The normalized spacial score (nSPS) is 40.7. The molecule has 31 heavy (non-hydrogen) atoms. The Morgan fingerprint density at radius 1 is 1.03 bits per heavy atom. The molecule has 1 heterocycles. The van der Waals surface area contributed by atoms with Crippen LogP contribution in [-0.2, 0) is 9.59 Å². The highest BCUT2D eigenvalue weighted by molar-refractivity contribution is 6.06. The molecule has 5 heteroatoms. The van der Waals surface area contributed by atoms with Crippen molar-refractivity contribution in [3.8, 4) is 0 Å². The molecule has 0 bridgehead atoms. The zero-order valence-electron chi connectivity index (χ0n) is 18.3. The van der Waals surface area contributed by atoms with Gasteiger partial charge in [-0.05, 0) is 85.3 Å². The third-order valence-corrected chi connectivity index (χ3v) is 8.99. The Morgan fingerprint density at radius 3 is 2.45 bits per heavy atom. The van der Waals surface area contributed by atoms with Crippen LogP contribution in [0.15, 0.2) is 35.9 Å². The van der Waals surface area contributed by atoms with Crippen molar-refractivity contribution < 1.29 is 18.4 Å². The Balaban J connectivity index is 1.49. The summed E-state index contributed by atoms with van der Waals surface area (Å²) in [6, 6.07) is 3.62. The lowest BCUT2D eigenvalue weighted by Crippen LogP contribution is -2.59. The van der Waals surface area contributed by atoms with Crippen molar-refractivity contribution in [2.45, 2.75) is 52.0 Å². The van der Waals surface area contributed by atoms with Crippen molar-refractivity contribution >= 4 is 17.8 Å². The van der Waals surface area contributed by atoms with E-state index in [1.165, 1.54) is 12.1 Å². The minimum absolute atomic E-state index is 0.0742. The van der Waals surface area contributed by atoms with Gasteiger partial charge in [-0.15, -0.1) is 0 Å². The number of Topliss-reactive ketones (excluding diaryl/α,β-unsaturated/α-hetero) is 1. The molecule has 0 saturated heterocycles. The predicted octanol–water partition coefficient (Wildman–Crippen LogP) is 5.17. The summed E-state index contributed by atoms with van der Waals surface area (Å²) in [5, 5.41) is 0. The summed E-state index contributed by atoms with van der Waals surface area (Å²) >= 11 is 0. The van der Waals surface area contributed by atoms with Crippen LogP contribution in [0.4, 0.5) is 8.78 Å². The largest absolute Gasteiger partial charge is 0.338 e. The second-order valence-electron chi connectivity index (χ2n) is 10.5. The lowest BCUT2D eigenvalue weighted by Gasteiger charge is -2.59. The van der Waals surface area contributed by atoms with Gasteiger partial charge in [-0.1, -0.05) is 19.9 Å². The minimum Gasteiger partial charge on any atom is -0.338 e. The quantitative estimate of drug-likeness (QED) is 0.583. The first-order valence-corrected chi connectivity index (χ1v) is 11.3. The van der Waals surface area contributed by atoms with Gasteiger partial charge in [-0.3, -0.25) is 9.59 Å². The van der Waals surface area contributed by atoms with Gasteiger partial charge in [0.1, 0.15) is 11.6 Å².